The van der Waals surface area contributed by atoms with Crippen LogP contribution in [0.5, 0.6) is 0 Å². The molecule has 0 N–H and O–H groups in total. The Morgan fingerprint density at radius 1 is 1.44 bits per heavy atom. The number of nitrogens with zero attached hydrogens (tertiary/aromatic N) is 2. The van der Waals surface area contributed by atoms with Crippen molar-refractivity contribution in [2.24, 2.45) is 0 Å². The second-order valence-electron chi connectivity index (χ2n) is 3.77. The van der Waals surface area contributed by atoms with Crippen LogP contribution < -0.4 is 0 Å². The second kappa shape index (κ2) is 6.84. The molecule has 0 amide bonds. The summed E-state index contributed by atoms with van der Waals surface area (Å²) in [5.74, 6) is 0. The summed E-state index contributed by atoms with van der Waals surface area (Å²) >= 11 is 0. The van der Waals surface area contributed by atoms with Crippen molar-refractivity contribution < 1.29 is 13.2 Å². The van der Waals surface area contributed by atoms with Gasteiger partial charge < -0.3 is 4.74 Å². The normalized spacial score (nSPS) is 14.1. The quantitative estimate of drug-likeness (QED) is 0.673. The minimum Gasteiger partial charge on any atom is -0.383 e. The summed E-state index contributed by atoms with van der Waals surface area (Å²) in [5.41, 5.74) is 0. The summed E-state index contributed by atoms with van der Waals surface area (Å²) in [5, 5.41) is 7.86. The molecule has 0 bridgehead atoms. The molecule has 0 saturated heterocycles. The monoisotopic (exact) mass is 248 g/mol. The molecular formula is C10H20N2O3S. The Hall–Kier alpha value is -0.640. The van der Waals surface area contributed by atoms with Crippen LogP contribution in [0.15, 0.2) is 0 Å². The molecule has 0 aliphatic carbocycles. The van der Waals surface area contributed by atoms with Gasteiger partial charge in [0.05, 0.1) is 12.7 Å². The van der Waals surface area contributed by atoms with Crippen molar-refractivity contribution >= 4 is 10.0 Å². The lowest BCUT2D eigenvalue weighted by Gasteiger charge is -2.27. The van der Waals surface area contributed by atoms with Crippen molar-refractivity contribution in [3.8, 4) is 6.07 Å². The molecule has 0 aromatic carbocycles. The maximum atomic E-state index is 12.1. The zero-order valence-corrected chi connectivity index (χ0v) is 11.1. The molecule has 0 saturated carbocycles. The fourth-order valence-corrected chi connectivity index (χ4v) is 3.19. The van der Waals surface area contributed by atoms with Gasteiger partial charge in [0.1, 0.15) is 0 Å². The van der Waals surface area contributed by atoms with E-state index in [4.69, 9.17) is 10.00 Å². The minimum absolute atomic E-state index is 0.164. The predicted octanol–water partition coefficient (Wildman–Crippen LogP) is 0.975. The highest BCUT2D eigenvalue weighted by Crippen LogP contribution is 2.14. The van der Waals surface area contributed by atoms with E-state index >= 15 is 0 Å². The molecule has 94 valence electrons. The molecular weight excluding hydrogens is 228 g/mol. The van der Waals surface area contributed by atoms with Gasteiger partial charge in [-0.1, -0.05) is 6.92 Å². The summed E-state index contributed by atoms with van der Waals surface area (Å²) in [6.45, 7) is 5.89. The first-order valence-corrected chi connectivity index (χ1v) is 6.81. The highest BCUT2D eigenvalue weighted by molar-refractivity contribution is 7.90. The first-order chi connectivity index (χ1) is 7.41. The van der Waals surface area contributed by atoms with Crippen molar-refractivity contribution in [3.63, 3.8) is 0 Å². The van der Waals surface area contributed by atoms with Crippen molar-refractivity contribution in [2.45, 2.75) is 38.5 Å². The molecule has 0 aromatic heterocycles. The van der Waals surface area contributed by atoms with Gasteiger partial charge in [0.15, 0.2) is 5.25 Å². The maximum absolute atomic E-state index is 12.1. The maximum Gasteiger partial charge on any atom is 0.230 e. The Morgan fingerprint density at radius 3 is 2.31 bits per heavy atom. The zero-order valence-electron chi connectivity index (χ0n) is 10.3. The van der Waals surface area contributed by atoms with E-state index in [1.165, 1.54) is 11.4 Å². The minimum atomic E-state index is -3.54. The Balaban J connectivity index is 4.97. The standard InChI is InChI=1S/C10H20N2O3S/c1-5-10(8-11)16(13,14)12(9(2)3)6-7-15-4/h9-10H,5-7H2,1-4H3. The highest BCUT2D eigenvalue weighted by Gasteiger charge is 2.32. The summed E-state index contributed by atoms with van der Waals surface area (Å²) in [6, 6.07) is 1.67. The summed E-state index contributed by atoms with van der Waals surface area (Å²) in [7, 11) is -2.02. The van der Waals surface area contributed by atoms with Gasteiger partial charge in [0, 0.05) is 19.7 Å². The lowest BCUT2D eigenvalue weighted by molar-refractivity contribution is 0.170. The van der Waals surface area contributed by atoms with E-state index in [0.29, 0.717) is 13.0 Å². The van der Waals surface area contributed by atoms with Gasteiger partial charge in [-0.15, -0.1) is 0 Å². The molecule has 1 unspecified atom stereocenters. The Kier molecular flexibility index (Phi) is 6.56. The third-order valence-corrected chi connectivity index (χ3v) is 4.71. The number of methoxy groups -OCH3 is 1. The van der Waals surface area contributed by atoms with Gasteiger partial charge in [0.25, 0.3) is 0 Å². The van der Waals surface area contributed by atoms with Crippen LogP contribution in [0.4, 0.5) is 0 Å². The number of hydrogen-bond donors (Lipinski definition) is 0. The average molecular weight is 248 g/mol. The molecule has 5 nitrogen and oxygen atoms in total. The van der Waals surface area contributed by atoms with Crippen molar-refractivity contribution in [2.75, 3.05) is 20.3 Å². The largest absolute Gasteiger partial charge is 0.383 e. The van der Waals surface area contributed by atoms with Crippen LogP contribution in [0.1, 0.15) is 27.2 Å². The van der Waals surface area contributed by atoms with E-state index in [2.05, 4.69) is 0 Å². The van der Waals surface area contributed by atoms with Crippen LogP contribution in [-0.4, -0.2) is 44.3 Å². The van der Waals surface area contributed by atoms with E-state index in [0.717, 1.165) is 0 Å². The first kappa shape index (κ1) is 15.4. The van der Waals surface area contributed by atoms with E-state index in [-0.39, 0.29) is 12.6 Å². The van der Waals surface area contributed by atoms with Gasteiger partial charge in [0.2, 0.25) is 10.0 Å². The molecule has 0 radical (unpaired) electrons. The van der Waals surface area contributed by atoms with Crippen LogP contribution in [0.2, 0.25) is 0 Å². The van der Waals surface area contributed by atoms with Gasteiger partial charge >= 0.3 is 0 Å². The fourth-order valence-electron chi connectivity index (χ4n) is 1.39. The molecule has 0 spiro atoms. The first-order valence-electron chi connectivity index (χ1n) is 5.31. The summed E-state index contributed by atoms with van der Waals surface area (Å²) in [4.78, 5) is 0. The molecule has 0 aliphatic heterocycles. The van der Waals surface area contributed by atoms with E-state index < -0.39 is 15.3 Å². The van der Waals surface area contributed by atoms with Gasteiger partial charge in [-0.25, -0.2) is 8.42 Å². The van der Waals surface area contributed by atoms with E-state index in [9.17, 15) is 8.42 Å². The van der Waals surface area contributed by atoms with Crippen LogP contribution >= 0.6 is 0 Å². The van der Waals surface area contributed by atoms with Gasteiger partial charge in [-0.05, 0) is 20.3 Å². The van der Waals surface area contributed by atoms with Crippen LogP contribution in [0, 0.1) is 11.3 Å². The highest BCUT2D eigenvalue weighted by atomic mass is 32.2. The van der Waals surface area contributed by atoms with E-state index in [1.807, 2.05) is 6.07 Å². The molecule has 0 aromatic rings. The van der Waals surface area contributed by atoms with Gasteiger partial charge in [-0.2, -0.15) is 9.57 Å². The lowest BCUT2D eigenvalue weighted by atomic mass is 10.4. The van der Waals surface area contributed by atoms with Crippen molar-refractivity contribution in [1.29, 1.82) is 5.26 Å². The SMILES string of the molecule is CCC(C#N)S(=O)(=O)N(CCOC)C(C)C. The zero-order chi connectivity index (χ0) is 12.8. The summed E-state index contributed by atoms with van der Waals surface area (Å²) < 4.78 is 30.4. The third-order valence-electron chi connectivity index (χ3n) is 2.29. The van der Waals surface area contributed by atoms with Crippen LogP contribution in [0.25, 0.3) is 0 Å². The molecule has 0 rings (SSSR count). The number of rotatable bonds is 7. The molecule has 16 heavy (non-hydrogen) atoms. The van der Waals surface area contributed by atoms with E-state index in [1.54, 1.807) is 20.8 Å². The molecule has 0 heterocycles. The lowest BCUT2D eigenvalue weighted by Crippen LogP contribution is -2.44. The van der Waals surface area contributed by atoms with Crippen LogP contribution in [0.3, 0.4) is 0 Å². The Morgan fingerprint density at radius 2 is 2.00 bits per heavy atom. The summed E-state index contributed by atoms with van der Waals surface area (Å²) in [6.07, 6.45) is 0.301. The smallest absolute Gasteiger partial charge is 0.230 e. The Labute approximate surface area is 98.1 Å². The molecule has 0 aliphatic rings. The average Bonchev–Trinajstić information content (AvgIpc) is 2.18. The second-order valence-corrected chi connectivity index (χ2v) is 5.84. The molecule has 0 fully saturated rings. The number of ether oxygens (including phenoxy) is 1. The molecule has 1 atom stereocenters. The topological polar surface area (TPSA) is 70.4 Å². The molecule has 6 heteroatoms. The number of sulfonamides is 1. The predicted molar refractivity (Wildman–Crippen MR) is 62.3 cm³/mol. The third kappa shape index (κ3) is 3.74. The van der Waals surface area contributed by atoms with Crippen molar-refractivity contribution in [3.05, 3.63) is 0 Å². The fraction of sp³-hybridized carbons (Fsp3) is 0.900. The Bertz CT molecular complexity index is 332. The van der Waals surface area contributed by atoms with Gasteiger partial charge in [-0.3, -0.25) is 0 Å². The van der Waals surface area contributed by atoms with Crippen LogP contribution in [-0.2, 0) is 14.8 Å². The number of hydrogen-bond acceptors (Lipinski definition) is 4. The van der Waals surface area contributed by atoms with Crippen molar-refractivity contribution in [1.82, 2.24) is 4.31 Å². The number of nitriles is 1.